The van der Waals surface area contributed by atoms with Crippen molar-refractivity contribution < 1.29 is 49.1 Å². The van der Waals surface area contributed by atoms with E-state index in [-0.39, 0.29) is 78.8 Å². The van der Waals surface area contributed by atoms with Gasteiger partial charge in [-0.2, -0.15) is 25.3 Å². The van der Waals surface area contributed by atoms with Crippen molar-refractivity contribution in [2.24, 2.45) is 17.3 Å². The number of aliphatic hydroxyl groups is 1. The Labute approximate surface area is 467 Å². The Morgan fingerprint density at radius 1 is 0.524 bits per heavy atom. The molecule has 0 amide bonds. The fourth-order valence-electron chi connectivity index (χ4n) is 13.4. The molecule has 8 bridgehead atoms. The summed E-state index contributed by atoms with van der Waals surface area (Å²) in [6.07, 6.45) is 5.35. The van der Waals surface area contributed by atoms with Gasteiger partial charge in [-0.15, -0.1) is 0 Å². The average Bonchev–Trinajstić information content (AvgIpc) is 1.80. The van der Waals surface area contributed by atoms with Crippen LogP contribution in [0.3, 0.4) is 0 Å². The number of hydrogen-bond acceptors (Lipinski definition) is 14. The van der Waals surface area contributed by atoms with Crippen molar-refractivity contribution in [1.29, 1.82) is 0 Å². The summed E-state index contributed by atoms with van der Waals surface area (Å²) in [6.45, 7) is 2.26. The topological polar surface area (TPSA) is 312 Å². The van der Waals surface area contributed by atoms with E-state index >= 15 is 0 Å². The van der Waals surface area contributed by atoms with Crippen LogP contribution in [0.25, 0.3) is 89.7 Å². The van der Waals surface area contributed by atoms with Crippen LogP contribution in [0.15, 0.2) is 130 Å². The predicted molar refractivity (Wildman–Crippen MR) is 302 cm³/mol. The lowest BCUT2D eigenvalue weighted by Gasteiger charge is -2.53. The van der Waals surface area contributed by atoms with E-state index in [0.717, 1.165) is 55.9 Å². The largest absolute Gasteiger partial charge is 0.508 e. The summed E-state index contributed by atoms with van der Waals surface area (Å²) in [5, 5.41) is 24.3. The Balaban J connectivity index is 0.890. The fraction of sp³-hybridized carbons (Fsp3) is 0.200. The highest BCUT2D eigenvalue weighted by Gasteiger charge is 2.62. The van der Waals surface area contributed by atoms with Crippen molar-refractivity contribution in [3.63, 3.8) is 0 Å². The van der Waals surface area contributed by atoms with E-state index in [9.17, 15) is 49.1 Å². The van der Waals surface area contributed by atoms with E-state index in [2.05, 4.69) is 46.6 Å². The molecule has 408 valence electrons. The van der Waals surface area contributed by atoms with Crippen molar-refractivity contribution in [1.82, 2.24) is 39.9 Å². The molecule has 22 heteroatoms. The number of aromatic amines is 2. The molecule has 19 nitrogen and oxygen atoms in total. The quantitative estimate of drug-likeness (QED) is 0.0637. The zero-order valence-electron chi connectivity index (χ0n) is 43.0. The maximum atomic E-state index is 12.7. The molecule has 3 aromatic heterocycles. The summed E-state index contributed by atoms with van der Waals surface area (Å²) in [6, 6.07) is 30.0. The van der Waals surface area contributed by atoms with E-state index in [1.807, 2.05) is 30.3 Å². The van der Waals surface area contributed by atoms with Gasteiger partial charge in [0.25, 0.3) is 30.4 Å². The number of fused-ring (bicyclic) bond motifs is 25. The van der Waals surface area contributed by atoms with Gasteiger partial charge in [0.05, 0.1) is 20.3 Å². The molecule has 2 fully saturated rings. The van der Waals surface area contributed by atoms with Gasteiger partial charge in [0, 0.05) is 60.3 Å². The molecule has 0 radical (unpaired) electrons. The molecule has 14 rings (SSSR count). The van der Waals surface area contributed by atoms with Crippen LogP contribution in [0.5, 0.6) is 5.75 Å². The van der Waals surface area contributed by atoms with E-state index in [4.69, 9.17) is 29.9 Å². The number of nitrogens with one attached hydrogen (secondary N) is 2. The minimum Gasteiger partial charge on any atom is -0.508 e. The highest BCUT2D eigenvalue weighted by molar-refractivity contribution is 7.86. The standard InChI is InChI=1S/C60H44N8O11S3/c1-59-23-21-40-39-17-11-35(69)27-33(39)10-16-41(40)50(59)22-24-60(59,70)34-8-4-7-31(25-34)5-2-3-6-32-9-15-42-46(26-32)55-61-51(42)63-56-48-29-37(81(74,75)76)13-19-44(48)53(65-56)67-58-49-30-38(82(77,78)79)14-20-45(49)54(68-58)66-57-47-28-36(80(71,72)73)12-18-43(47)52(62-55)64-57/h4,7-9,11-15,17-20,25-30,40-41,50,69-70H,10,16,21-24H2,1H3,(H,71,72,73)(H,74,75,76)(H,77,78,79)(H2,61,62,63,64,65,66,67,68)/t40-,41-,50+,59+,60-/m1/s1. The lowest BCUT2D eigenvalue weighted by Crippen LogP contribution is -2.49. The molecular formula is C60H44N8O11S3. The van der Waals surface area contributed by atoms with Crippen LogP contribution in [-0.4, -0.2) is 89.0 Å². The smallest absolute Gasteiger partial charge is 0.294 e. The molecule has 0 spiro atoms. The van der Waals surface area contributed by atoms with Crippen molar-refractivity contribution in [2.75, 3.05) is 0 Å². The summed E-state index contributed by atoms with van der Waals surface area (Å²) in [5.74, 6) is 13.7. The van der Waals surface area contributed by atoms with Crippen LogP contribution < -0.4 is 0 Å². The second-order valence-corrected chi connectivity index (χ2v) is 25.9. The maximum absolute atomic E-state index is 12.7. The molecule has 82 heavy (non-hydrogen) atoms. The lowest BCUT2D eigenvalue weighted by molar-refractivity contribution is -0.108. The summed E-state index contributed by atoms with van der Waals surface area (Å²) in [7, 11) is -14.2. The molecule has 5 atom stereocenters. The summed E-state index contributed by atoms with van der Waals surface area (Å²) in [5.41, 5.74) is 4.57. The lowest BCUT2D eigenvalue weighted by atomic mass is 9.52. The van der Waals surface area contributed by atoms with Crippen LogP contribution in [0, 0.1) is 40.9 Å². The third-order valence-electron chi connectivity index (χ3n) is 17.3. The van der Waals surface area contributed by atoms with Gasteiger partial charge in [0.2, 0.25) is 0 Å². The number of aryl methyl sites for hydroxylation is 1. The zero-order chi connectivity index (χ0) is 56.8. The third-order valence-corrected chi connectivity index (χ3v) is 19.9. The number of hydrogen-bond donors (Lipinski definition) is 7. The molecule has 2 saturated carbocycles. The molecule has 0 saturated heterocycles. The molecule has 2 aliphatic heterocycles. The van der Waals surface area contributed by atoms with Gasteiger partial charge in [-0.1, -0.05) is 37.0 Å². The highest BCUT2D eigenvalue weighted by Crippen LogP contribution is 2.67. The van der Waals surface area contributed by atoms with E-state index in [0.29, 0.717) is 57.4 Å². The van der Waals surface area contributed by atoms with Gasteiger partial charge in [0.15, 0.2) is 23.3 Å². The number of aromatic nitrogens is 8. The first-order valence-corrected chi connectivity index (χ1v) is 30.4. The predicted octanol–water partition coefficient (Wildman–Crippen LogP) is 9.46. The molecule has 6 aromatic carbocycles. The van der Waals surface area contributed by atoms with Crippen LogP contribution >= 0.6 is 0 Å². The van der Waals surface area contributed by atoms with Crippen molar-refractivity contribution in [2.45, 2.75) is 71.7 Å². The average molecular weight is 1150 g/mol. The molecule has 9 aromatic rings. The highest BCUT2D eigenvalue weighted by atomic mass is 32.2. The van der Waals surface area contributed by atoms with Crippen LogP contribution in [-0.2, 0) is 42.4 Å². The van der Waals surface area contributed by atoms with Crippen LogP contribution in [0.1, 0.15) is 72.8 Å². The van der Waals surface area contributed by atoms with Crippen LogP contribution in [0.2, 0.25) is 0 Å². The number of phenolic OH excluding ortho intramolecular Hbond substituents is 1. The Kier molecular flexibility index (Phi) is 11.4. The number of nitrogens with zero attached hydrogens (tertiary/aromatic N) is 6. The first-order chi connectivity index (χ1) is 39.1. The zero-order valence-corrected chi connectivity index (χ0v) is 45.5. The van der Waals surface area contributed by atoms with Crippen LogP contribution in [0.4, 0.5) is 0 Å². The van der Waals surface area contributed by atoms with E-state index < -0.39 is 50.6 Å². The molecule has 7 N–H and O–H groups in total. The minimum atomic E-state index is -4.74. The number of phenols is 1. The Hall–Kier alpha value is -8.71. The van der Waals surface area contributed by atoms with Gasteiger partial charge in [-0.05, 0) is 182 Å². The number of aromatic hydroxyl groups is 1. The summed E-state index contributed by atoms with van der Waals surface area (Å²) >= 11 is 0. The number of H-pyrrole nitrogens is 2. The first-order valence-electron chi connectivity index (χ1n) is 26.1. The first kappa shape index (κ1) is 51.4. The molecule has 3 aliphatic carbocycles. The minimum absolute atomic E-state index is 0.0156. The van der Waals surface area contributed by atoms with Gasteiger partial charge in [0.1, 0.15) is 28.3 Å². The monoisotopic (exact) mass is 1150 g/mol. The SMILES string of the molecule is C[C@]12CC[C@@H]3c4ccc(O)cc4CC[C@H]3[C@@H]1CC[C@@]2(O)c1cccc(C#CC#Cc2ccc3c4nc5nc(nc6[nH]c(nc7nc(nc([nH]4)c3c2)-c2ccc(S(=O)(=O)O)cc2-7)c2ccc(S(=O)(=O)O)cc62)-c2ccc(S(=O)(=O)O)cc2-5)c1. The Bertz CT molecular complexity index is 5000. The molecule has 5 aliphatic rings. The van der Waals surface area contributed by atoms with Crippen molar-refractivity contribution in [3.05, 3.63) is 143 Å². The second-order valence-electron chi connectivity index (χ2n) is 21.7. The number of benzene rings is 6. The van der Waals surface area contributed by atoms with Crippen molar-refractivity contribution in [3.8, 4) is 75.0 Å². The molecular weight excluding hydrogens is 1100 g/mol. The van der Waals surface area contributed by atoms with Gasteiger partial charge in [-0.25, -0.2) is 29.9 Å². The Morgan fingerprint density at radius 3 is 1.65 bits per heavy atom. The molecule has 0 unspecified atom stereocenters. The maximum Gasteiger partial charge on any atom is 0.294 e. The normalized spacial score (nSPS) is 20.8. The van der Waals surface area contributed by atoms with E-state index in [1.54, 1.807) is 24.3 Å². The fourth-order valence-corrected chi connectivity index (χ4v) is 14.9. The summed E-state index contributed by atoms with van der Waals surface area (Å²) in [4.78, 5) is 33.8. The van der Waals surface area contributed by atoms with Gasteiger partial charge in [-0.3, -0.25) is 13.7 Å². The van der Waals surface area contributed by atoms with E-state index in [1.165, 1.54) is 47.5 Å². The molecule has 5 heterocycles. The summed E-state index contributed by atoms with van der Waals surface area (Å²) < 4.78 is 105. The number of rotatable bonds is 4. The second kappa shape index (κ2) is 18.1. The third kappa shape index (κ3) is 8.36. The Morgan fingerprint density at radius 2 is 1.05 bits per heavy atom. The van der Waals surface area contributed by atoms with Gasteiger partial charge >= 0.3 is 0 Å². The van der Waals surface area contributed by atoms with Crippen molar-refractivity contribution >= 4 is 74.5 Å². The van der Waals surface area contributed by atoms with Gasteiger partial charge < -0.3 is 20.2 Å².